The van der Waals surface area contributed by atoms with Gasteiger partial charge in [-0.3, -0.25) is 10.1 Å². The van der Waals surface area contributed by atoms with E-state index >= 15 is 0 Å². The van der Waals surface area contributed by atoms with Crippen LogP contribution in [0.5, 0.6) is 0 Å². The molecule has 0 spiro atoms. The van der Waals surface area contributed by atoms with Crippen molar-refractivity contribution in [1.29, 1.82) is 0 Å². The molecule has 6 heteroatoms. The van der Waals surface area contributed by atoms with E-state index in [0.29, 0.717) is 28.6 Å². The maximum atomic E-state index is 12.2. The van der Waals surface area contributed by atoms with Crippen LogP contribution in [0.3, 0.4) is 0 Å². The van der Waals surface area contributed by atoms with Crippen molar-refractivity contribution in [2.24, 2.45) is 5.92 Å². The van der Waals surface area contributed by atoms with Gasteiger partial charge in [0, 0.05) is 22.0 Å². The van der Waals surface area contributed by atoms with E-state index in [-0.39, 0.29) is 11.8 Å². The second-order valence-corrected chi connectivity index (χ2v) is 6.10. The molecule has 2 aromatic rings. The first-order chi connectivity index (χ1) is 11.4. The molecule has 0 aromatic heterocycles. The SMILES string of the molecule is CC(C)COC(=O)Nc1cccc(NC(=O)c2cccc(Cl)c2)c1. The number of rotatable bonds is 5. The lowest BCUT2D eigenvalue weighted by atomic mass is 10.2. The van der Waals surface area contributed by atoms with Crippen LogP contribution in [-0.2, 0) is 4.74 Å². The van der Waals surface area contributed by atoms with Crippen LogP contribution in [0.4, 0.5) is 16.2 Å². The summed E-state index contributed by atoms with van der Waals surface area (Å²) in [6.45, 7) is 4.26. The van der Waals surface area contributed by atoms with E-state index in [0.717, 1.165) is 0 Å². The van der Waals surface area contributed by atoms with Crippen LogP contribution in [0.25, 0.3) is 0 Å². The van der Waals surface area contributed by atoms with Crippen molar-refractivity contribution < 1.29 is 14.3 Å². The van der Waals surface area contributed by atoms with Gasteiger partial charge >= 0.3 is 6.09 Å². The Morgan fingerprint density at radius 2 is 1.71 bits per heavy atom. The molecule has 2 rings (SSSR count). The number of anilines is 2. The Balaban J connectivity index is 1.99. The fourth-order valence-electron chi connectivity index (χ4n) is 1.90. The first kappa shape index (κ1) is 17.8. The van der Waals surface area contributed by atoms with E-state index in [1.165, 1.54) is 0 Å². The summed E-state index contributed by atoms with van der Waals surface area (Å²) in [5.74, 6) is -0.0175. The normalized spacial score (nSPS) is 10.3. The van der Waals surface area contributed by atoms with Crippen LogP contribution < -0.4 is 10.6 Å². The average molecular weight is 347 g/mol. The smallest absolute Gasteiger partial charge is 0.411 e. The molecule has 2 N–H and O–H groups in total. The molecule has 0 atom stereocenters. The maximum absolute atomic E-state index is 12.2. The van der Waals surface area contributed by atoms with Gasteiger partial charge in [-0.1, -0.05) is 37.6 Å². The summed E-state index contributed by atoms with van der Waals surface area (Å²) in [5, 5.41) is 5.88. The first-order valence-electron chi connectivity index (χ1n) is 7.55. The number of benzene rings is 2. The lowest BCUT2D eigenvalue weighted by Gasteiger charge is -2.10. The summed E-state index contributed by atoms with van der Waals surface area (Å²) in [6, 6.07) is 13.5. The van der Waals surface area contributed by atoms with E-state index in [1.54, 1.807) is 48.5 Å². The van der Waals surface area contributed by atoms with Gasteiger partial charge in [0.1, 0.15) is 0 Å². The standard InChI is InChI=1S/C18H19ClN2O3/c1-12(2)11-24-18(23)21-16-8-4-7-15(10-16)20-17(22)13-5-3-6-14(19)9-13/h3-10,12H,11H2,1-2H3,(H,20,22)(H,21,23). The molecule has 2 aromatic carbocycles. The molecule has 0 saturated heterocycles. The van der Waals surface area contributed by atoms with E-state index in [2.05, 4.69) is 10.6 Å². The molecular weight excluding hydrogens is 328 g/mol. The van der Waals surface area contributed by atoms with E-state index < -0.39 is 6.09 Å². The summed E-state index contributed by atoms with van der Waals surface area (Å²) >= 11 is 5.88. The van der Waals surface area contributed by atoms with Gasteiger partial charge in [-0.15, -0.1) is 0 Å². The van der Waals surface area contributed by atoms with Crippen molar-refractivity contribution in [3.63, 3.8) is 0 Å². The fourth-order valence-corrected chi connectivity index (χ4v) is 2.09. The highest BCUT2D eigenvalue weighted by atomic mass is 35.5. The average Bonchev–Trinajstić information content (AvgIpc) is 2.53. The Morgan fingerprint density at radius 3 is 2.38 bits per heavy atom. The van der Waals surface area contributed by atoms with Crippen molar-refractivity contribution in [2.45, 2.75) is 13.8 Å². The zero-order chi connectivity index (χ0) is 17.5. The molecule has 0 fully saturated rings. The molecule has 0 heterocycles. The Hall–Kier alpha value is -2.53. The van der Waals surface area contributed by atoms with Crippen LogP contribution in [-0.4, -0.2) is 18.6 Å². The van der Waals surface area contributed by atoms with Gasteiger partial charge in [0.05, 0.1) is 6.61 Å². The Kier molecular flexibility index (Phi) is 6.21. The third-order valence-electron chi connectivity index (χ3n) is 3.00. The lowest BCUT2D eigenvalue weighted by Crippen LogP contribution is -2.17. The van der Waals surface area contributed by atoms with Gasteiger partial charge < -0.3 is 10.1 Å². The molecule has 24 heavy (non-hydrogen) atoms. The quantitative estimate of drug-likeness (QED) is 0.817. The third-order valence-corrected chi connectivity index (χ3v) is 3.24. The van der Waals surface area contributed by atoms with Crippen molar-refractivity contribution >= 4 is 35.0 Å². The fraction of sp³-hybridized carbons (Fsp3) is 0.222. The molecule has 0 radical (unpaired) electrons. The second-order valence-electron chi connectivity index (χ2n) is 5.66. The number of amides is 2. The summed E-state index contributed by atoms with van der Waals surface area (Å²) < 4.78 is 5.06. The number of halogens is 1. The van der Waals surface area contributed by atoms with E-state index in [9.17, 15) is 9.59 Å². The highest BCUT2D eigenvalue weighted by Gasteiger charge is 2.08. The number of ether oxygens (including phenoxy) is 1. The largest absolute Gasteiger partial charge is 0.449 e. The maximum Gasteiger partial charge on any atom is 0.411 e. The summed E-state index contributed by atoms with van der Waals surface area (Å²) in [4.78, 5) is 23.9. The van der Waals surface area contributed by atoms with Gasteiger partial charge in [-0.25, -0.2) is 4.79 Å². The van der Waals surface area contributed by atoms with Crippen LogP contribution >= 0.6 is 11.6 Å². The van der Waals surface area contributed by atoms with Crippen molar-refractivity contribution in [3.8, 4) is 0 Å². The molecule has 2 amide bonds. The van der Waals surface area contributed by atoms with Crippen molar-refractivity contribution in [3.05, 3.63) is 59.1 Å². The van der Waals surface area contributed by atoms with Crippen LogP contribution in [0.2, 0.25) is 5.02 Å². The minimum absolute atomic E-state index is 0.263. The van der Waals surface area contributed by atoms with E-state index in [4.69, 9.17) is 16.3 Å². The molecule has 0 saturated carbocycles. The molecule has 0 aliphatic rings. The summed E-state index contributed by atoms with van der Waals surface area (Å²) in [6.07, 6.45) is -0.526. The molecule has 0 aliphatic carbocycles. The van der Waals surface area contributed by atoms with Gasteiger partial charge in [-0.2, -0.15) is 0 Å². The van der Waals surface area contributed by atoms with Gasteiger partial charge in [0.25, 0.3) is 5.91 Å². The molecule has 0 aliphatic heterocycles. The minimum Gasteiger partial charge on any atom is -0.449 e. The zero-order valence-electron chi connectivity index (χ0n) is 13.5. The Labute approximate surface area is 146 Å². The van der Waals surface area contributed by atoms with Gasteiger partial charge in [0.2, 0.25) is 0 Å². The monoisotopic (exact) mass is 346 g/mol. The Bertz CT molecular complexity index is 732. The lowest BCUT2D eigenvalue weighted by molar-refractivity contribution is 0.102. The number of hydrogen-bond acceptors (Lipinski definition) is 3. The van der Waals surface area contributed by atoms with Crippen LogP contribution in [0, 0.1) is 5.92 Å². The zero-order valence-corrected chi connectivity index (χ0v) is 14.3. The van der Waals surface area contributed by atoms with Crippen molar-refractivity contribution in [2.75, 3.05) is 17.2 Å². The number of nitrogens with one attached hydrogen (secondary N) is 2. The molecular formula is C18H19ClN2O3. The first-order valence-corrected chi connectivity index (χ1v) is 7.92. The summed E-state index contributed by atoms with van der Waals surface area (Å²) in [5.41, 5.74) is 1.55. The van der Waals surface area contributed by atoms with Crippen LogP contribution in [0.15, 0.2) is 48.5 Å². The number of carbonyl (C=O) groups is 2. The van der Waals surface area contributed by atoms with Crippen LogP contribution in [0.1, 0.15) is 24.2 Å². The molecule has 126 valence electrons. The number of carbonyl (C=O) groups excluding carboxylic acids is 2. The second kappa shape index (κ2) is 8.36. The molecule has 5 nitrogen and oxygen atoms in total. The summed E-state index contributed by atoms with van der Waals surface area (Å²) in [7, 11) is 0. The Morgan fingerprint density at radius 1 is 1.04 bits per heavy atom. The van der Waals surface area contributed by atoms with E-state index in [1.807, 2.05) is 13.8 Å². The van der Waals surface area contributed by atoms with Gasteiger partial charge in [-0.05, 0) is 42.3 Å². The minimum atomic E-state index is -0.526. The third kappa shape index (κ3) is 5.59. The van der Waals surface area contributed by atoms with Gasteiger partial charge in [0.15, 0.2) is 0 Å². The topological polar surface area (TPSA) is 67.4 Å². The molecule has 0 unspecified atom stereocenters. The highest BCUT2D eigenvalue weighted by Crippen LogP contribution is 2.17. The van der Waals surface area contributed by atoms with Crippen molar-refractivity contribution in [1.82, 2.24) is 0 Å². The predicted molar refractivity (Wildman–Crippen MR) is 95.7 cm³/mol. The predicted octanol–water partition coefficient (Wildman–Crippen LogP) is 4.80. The molecule has 0 bridgehead atoms. The number of hydrogen-bond donors (Lipinski definition) is 2. The highest BCUT2D eigenvalue weighted by molar-refractivity contribution is 6.31.